The van der Waals surface area contributed by atoms with E-state index in [1.807, 2.05) is 0 Å². The van der Waals surface area contributed by atoms with Crippen molar-refractivity contribution in [3.8, 4) is 0 Å². The van der Waals surface area contributed by atoms with Gasteiger partial charge in [0.1, 0.15) is 0 Å². The van der Waals surface area contributed by atoms with Crippen molar-refractivity contribution >= 4 is 15.9 Å². The lowest BCUT2D eigenvalue weighted by Crippen LogP contribution is -2.27. The Labute approximate surface area is 64.7 Å². The number of halogens is 4. The van der Waals surface area contributed by atoms with Crippen molar-refractivity contribution in [2.75, 3.05) is 6.61 Å². The SMILES string of the molecule is FC(F)(F)C1CC(Br)CO1. The first-order valence-electron chi connectivity index (χ1n) is 2.82. The van der Waals surface area contributed by atoms with Crippen molar-refractivity contribution < 1.29 is 17.9 Å². The van der Waals surface area contributed by atoms with E-state index in [0.717, 1.165) is 0 Å². The van der Waals surface area contributed by atoms with Crippen LogP contribution < -0.4 is 0 Å². The Kier molecular flexibility index (Phi) is 2.24. The van der Waals surface area contributed by atoms with Gasteiger partial charge in [-0.1, -0.05) is 15.9 Å². The van der Waals surface area contributed by atoms with E-state index < -0.39 is 12.3 Å². The van der Waals surface area contributed by atoms with Crippen LogP contribution in [0, 0.1) is 0 Å². The average Bonchev–Trinajstić information content (AvgIpc) is 2.11. The van der Waals surface area contributed by atoms with Gasteiger partial charge in [0.15, 0.2) is 6.10 Å². The van der Waals surface area contributed by atoms with Gasteiger partial charge in [0.25, 0.3) is 0 Å². The summed E-state index contributed by atoms with van der Waals surface area (Å²) in [5.74, 6) is 0. The van der Waals surface area contributed by atoms with Crippen LogP contribution in [0.5, 0.6) is 0 Å². The second kappa shape index (κ2) is 2.70. The first-order valence-corrected chi connectivity index (χ1v) is 3.74. The van der Waals surface area contributed by atoms with Gasteiger partial charge in [0.05, 0.1) is 6.61 Å². The molecule has 0 saturated carbocycles. The van der Waals surface area contributed by atoms with Crippen molar-refractivity contribution in [3.05, 3.63) is 0 Å². The molecule has 60 valence electrons. The molecule has 1 saturated heterocycles. The molecule has 0 N–H and O–H groups in total. The Morgan fingerprint density at radius 3 is 2.20 bits per heavy atom. The Morgan fingerprint density at radius 1 is 1.40 bits per heavy atom. The number of hydrogen-bond donors (Lipinski definition) is 0. The average molecular weight is 219 g/mol. The molecule has 1 aliphatic rings. The summed E-state index contributed by atoms with van der Waals surface area (Å²) in [5, 5.41) is 0. The number of alkyl halides is 4. The normalized spacial score (nSPS) is 34.8. The maximum Gasteiger partial charge on any atom is 0.414 e. The molecule has 0 aromatic heterocycles. The fraction of sp³-hybridized carbons (Fsp3) is 1.00. The molecule has 10 heavy (non-hydrogen) atoms. The highest BCUT2D eigenvalue weighted by Gasteiger charge is 2.44. The molecule has 0 aromatic carbocycles. The molecule has 2 atom stereocenters. The molecule has 1 heterocycles. The summed E-state index contributed by atoms with van der Waals surface area (Å²) in [4.78, 5) is -0.140. The Hall–Kier alpha value is 0.230. The molecule has 5 heteroatoms. The van der Waals surface area contributed by atoms with Crippen LogP contribution in [0.2, 0.25) is 0 Å². The Bertz CT molecular complexity index is 125. The minimum atomic E-state index is -4.19. The zero-order valence-corrected chi connectivity index (χ0v) is 6.58. The Morgan fingerprint density at radius 2 is 2.00 bits per heavy atom. The van der Waals surface area contributed by atoms with Gasteiger partial charge in [-0.3, -0.25) is 0 Å². The third-order valence-corrected chi connectivity index (χ3v) is 1.95. The van der Waals surface area contributed by atoms with E-state index in [1.165, 1.54) is 0 Å². The van der Waals surface area contributed by atoms with Crippen LogP contribution in [-0.2, 0) is 4.74 Å². The van der Waals surface area contributed by atoms with Gasteiger partial charge >= 0.3 is 6.18 Å². The summed E-state index contributed by atoms with van der Waals surface area (Å²) in [7, 11) is 0. The van der Waals surface area contributed by atoms with E-state index in [4.69, 9.17) is 0 Å². The van der Waals surface area contributed by atoms with Gasteiger partial charge < -0.3 is 4.74 Å². The van der Waals surface area contributed by atoms with Crippen molar-refractivity contribution in [2.24, 2.45) is 0 Å². The van der Waals surface area contributed by atoms with E-state index in [0.29, 0.717) is 0 Å². The molecule has 0 amide bonds. The summed E-state index contributed by atoms with van der Waals surface area (Å²) in [6.07, 6.45) is -5.72. The van der Waals surface area contributed by atoms with Gasteiger partial charge in [-0.05, 0) is 6.42 Å². The predicted octanol–water partition coefficient (Wildman–Crippen LogP) is 2.10. The third kappa shape index (κ3) is 1.85. The molecular weight excluding hydrogens is 213 g/mol. The van der Waals surface area contributed by atoms with Crippen LogP contribution in [0.4, 0.5) is 13.2 Å². The van der Waals surface area contributed by atoms with Gasteiger partial charge in [0, 0.05) is 4.83 Å². The summed E-state index contributed by atoms with van der Waals surface area (Å²) < 4.78 is 39.8. The van der Waals surface area contributed by atoms with Crippen LogP contribution in [-0.4, -0.2) is 23.7 Å². The molecule has 0 radical (unpaired) electrons. The van der Waals surface area contributed by atoms with E-state index >= 15 is 0 Å². The van der Waals surface area contributed by atoms with Crippen LogP contribution in [0.3, 0.4) is 0 Å². The fourth-order valence-electron chi connectivity index (χ4n) is 0.817. The standard InChI is InChI=1S/C5H6BrF3O/c6-3-1-4(10-2-3)5(7,8)9/h3-4H,1-2H2. The van der Waals surface area contributed by atoms with Gasteiger partial charge in [0.2, 0.25) is 0 Å². The van der Waals surface area contributed by atoms with E-state index in [2.05, 4.69) is 20.7 Å². The molecule has 0 aromatic rings. The maximum atomic E-state index is 11.8. The topological polar surface area (TPSA) is 9.23 Å². The minimum Gasteiger partial charge on any atom is -0.368 e. The highest BCUT2D eigenvalue weighted by Crippen LogP contribution is 2.32. The smallest absolute Gasteiger partial charge is 0.368 e. The quantitative estimate of drug-likeness (QED) is 0.567. The van der Waals surface area contributed by atoms with Crippen LogP contribution in [0.25, 0.3) is 0 Å². The zero-order chi connectivity index (χ0) is 7.78. The van der Waals surface area contributed by atoms with Gasteiger partial charge in [-0.25, -0.2) is 0 Å². The summed E-state index contributed by atoms with van der Waals surface area (Å²) in [6, 6.07) is 0. The molecule has 0 bridgehead atoms. The maximum absolute atomic E-state index is 11.8. The number of hydrogen-bond acceptors (Lipinski definition) is 1. The van der Waals surface area contributed by atoms with Crippen LogP contribution >= 0.6 is 15.9 Å². The van der Waals surface area contributed by atoms with E-state index in [1.54, 1.807) is 0 Å². The molecule has 1 fully saturated rings. The summed E-state index contributed by atoms with van der Waals surface area (Å²) in [6.45, 7) is 0.157. The third-order valence-electron chi connectivity index (χ3n) is 1.31. The van der Waals surface area contributed by atoms with Crippen molar-refractivity contribution in [1.29, 1.82) is 0 Å². The first-order chi connectivity index (χ1) is 4.50. The van der Waals surface area contributed by atoms with Crippen molar-refractivity contribution in [1.82, 2.24) is 0 Å². The summed E-state index contributed by atoms with van der Waals surface area (Å²) in [5.41, 5.74) is 0. The largest absolute Gasteiger partial charge is 0.414 e. The molecule has 0 spiro atoms. The van der Waals surface area contributed by atoms with Gasteiger partial charge in [-0.2, -0.15) is 13.2 Å². The highest BCUT2D eigenvalue weighted by atomic mass is 79.9. The lowest BCUT2D eigenvalue weighted by atomic mass is 10.2. The molecule has 1 nitrogen and oxygen atoms in total. The molecule has 2 unspecified atom stereocenters. The monoisotopic (exact) mass is 218 g/mol. The number of ether oxygens (including phenoxy) is 1. The molecular formula is C5H6BrF3O. The zero-order valence-electron chi connectivity index (χ0n) is 4.99. The van der Waals surface area contributed by atoms with E-state index in [9.17, 15) is 13.2 Å². The van der Waals surface area contributed by atoms with Crippen molar-refractivity contribution in [3.63, 3.8) is 0 Å². The lowest BCUT2D eigenvalue weighted by Gasteiger charge is -2.12. The summed E-state index contributed by atoms with van der Waals surface area (Å²) >= 11 is 3.05. The predicted molar refractivity (Wildman–Crippen MR) is 33.1 cm³/mol. The van der Waals surface area contributed by atoms with E-state index in [-0.39, 0.29) is 17.9 Å². The second-order valence-electron chi connectivity index (χ2n) is 2.20. The fourth-order valence-corrected chi connectivity index (χ4v) is 1.31. The Balaban J connectivity index is 2.45. The van der Waals surface area contributed by atoms with Crippen molar-refractivity contribution in [2.45, 2.75) is 23.5 Å². The van der Waals surface area contributed by atoms with Crippen LogP contribution in [0.1, 0.15) is 6.42 Å². The molecule has 1 aliphatic heterocycles. The van der Waals surface area contributed by atoms with Crippen LogP contribution in [0.15, 0.2) is 0 Å². The molecule has 0 aliphatic carbocycles. The second-order valence-corrected chi connectivity index (χ2v) is 3.49. The van der Waals surface area contributed by atoms with Gasteiger partial charge in [-0.15, -0.1) is 0 Å². The minimum absolute atomic E-state index is 0.0312. The molecule has 1 rings (SSSR count). The lowest BCUT2D eigenvalue weighted by molar-refractivity contribution is -0.206. The first kappa shape index (κ1) is 8.33. The number of rotatable bonds is 0. The highest BCUT2D eigenvalue weighted by molar-refractivity contribution is 9.09.